The molecule has 0 atom stereocenters. The van der Waals surface area contributed by atoms with Gasteiger partial charge in [-0.1, -0.05) is 18.2 Å². The molecule has 1 saturated carbocycles. The lowest BCUT2D eigenvalue weighted by Gasteiger charge is -2.23. The van der Waals surface area contributed by atoms with Crippen LogP contribution in [0.15, 0.2) is 41.8 Å². The number of nitrogens with one attached hydrogen (secondary N) is 2. The van der Waals surface area contributed by atoms with Crippen LogP contribution in [0.2, 0.25) is 0 Å². The monoisotopic (exact) mass is 401 g/mol. The minimum absolute atomic E-state index is 0.0830. The van der Waals surface area contributed by atoms with Crippen molar-refractivity contribution in [2.75, 3.05) is 20.2 Å². The number of methoxy groups -OCH3 is 1. The zero-order chi connectivity index (χ0) is 19.9. The minimum atomic E-state index is -0.390. The van der Waals surface area contributed by atoms with Crippen LogP contribution in [0, 0.1) is 0 Å². The molecular weight excluding hydrogens is 378 g/mol. The van der Waals surface area contributed by atoms with Crippen LogP contribution in [-0.2, 0) is 16.1 Å². The number of carbonyl (C=O) groups is 3. The molecule has 0 saturated heterocycles. The summed E-state index contributed by atoms with van der Waals surface area (Å²) in [4.78, 5) is 38.7. The molecule has 1 aliphatic rings. The predicted octanol–water partition coefficient (Wildman–Crippen LogP) is 1.79. The number of thiophene rings is 1. The molecule has 7 nitrogen and oxygen atoms in total. The predicted molar refractivity (Wildman–Crippen MR) is 106 cm³/mol. The summed E-state index contributed by atoms with van der Waals surface area (Å²) in [7, 11) is 1.61. The van der Waals surface area contributed by atoms with Crippen LogP contribution < -0.4 is 15.4 Å². The third-order valence-electron chi connectivity index (χ3n) is 4.41. The second-order valence-corrected chi connectivity index (χ2v) is 7.49. The lowest BCUT2D eigenvalue weighted by molar-refractivity contribution is -0.133. The molecule has 2 aromatic rings. The van der Waals surface area contributed by atoms with Crippen LogP contribution in [0.1, 0.15) is 28.1 Å². The molecule has 0 aliphatic heterocycles. The van der Waals surface area contributed by atoms with Crippen LogP contribution in [0.5, 0.6) is 5.75 Å². The van der Waals surface area contributed by atoms with E-state index in [9.17, 15) is 14.4 Å². The molecule has 1 aliphatic carbocycles. The highest BCUT2D eigenvalue weighted by atomic mass is 32.1. The van der Waals surface area contributed by atoms with E-state index in [0.29, 0.717) is 11.4 Å². The first-order valence-electron chi connectivity index (χ1n) is 9.07. The van der Waals surface area contributed by atoms with Gasteiger partial charge in [-0.2, -0.15) is 0 Å². The number of benzene rings is 1. The molecule has 0 radical (unpaired) electrons. The van der Waals surface area contributed by atoms with Crippen molar-refractivity contribution in [3.05, 3.63) is 52.2 Å². The van der Waals surface area contributed by atoms with Gasteiger partial charge in [0, 0.05) is 12.6 Å². The Morgan fingerprint density at radius 3 is 2.46 bits per heavy atom. The molecule has 2 N–H and O–H groups in total. The molecular formula is C20H23N3O4S. The maximum Gasteiger partial charge on any atom is 0.261 e. The lowest BCUT2D eigenvalue weighted by atomic mass is 10.2. The van der Waals surface area contributed by atoms with Gasteiger partial charge in [-0.15, -0.1) is 11.3 Å². The van der Waals surface area contributed by atoms with Gasteiger partial charge in [0.1, 0.15) is 5.75 Å². The lowest BCUT2D eigenvalue weighted by Crippen LogP contribution is -2.44. The summed E-state index contributed by atoms with van der Waals surface area (Å²) in [6.45, 7) is 0.255. The Hall–Kier alpha value is -2.87. The van der Waals surface area contributed by atoms with Crippen molar-refractivity contribution in [3.8, 4) is 5.75 Å². The van der Waals surface area contributed by atoms with Crippen molar-refractivity contribution in [1.82, 2.24) is 15.5 Å². The van der Waals surface area contributed by atoms with Crippen molar-refractivity contribution in [2.45, 2.75) is 25.4 Å². The Labute approximate surface area is 167 Å². The molecule has 1 aromatic carbocycles. The SMILES string of the molecule is COc1ccc(CN(C(=O)CNC(=O)CNC(=O)c2cccs2)C2CC2)cc1. The summed E-state index contributed by atoms with van der Waals surface area (Å²) in [6, 6.07) is 11.3. The Morgan fingerprint density at radius 1 is 1.11 bits per heavy atom. The summed E-state index contributed by atoms with van der Waals surface area (Å²) >= 11 is 1.31. The second kappa shape index (κ2) is 9.36. The number of hydrogen-bond acceptors (Lipinski definition) is 5. The van der Waals surface area contributed by atoms with Gasteiger partial charge in [0.15, 0.2) is 0 Å². The third kappa shape index (κ3) is 5.56. The van der Waals surface area contributed by atoms with Gasteiger partial charge in [-0.05, 0) is 42.0 Å². The molecule has 0 unspecified atom stereocenters. The van der Waals surface area contributed by atoms with Gasteiger partial charge in [-0.25, -0.2) is 0 Å². The highest BCUT2D eigenvalue weighted by molar-refractivity contribution is 7.12. The molecule has 0 spiro atoms. The van der Waals surface area contributed by atoms with Gasteiger partial charge < -0.3 is 20.3 Å². The van der Waals surface area contributed by atoms with Crippen LogP contribution in [0.4, 0.5) is 0 Å². The fourth-order valence-corrected chi connectivity index (χ4v) is 3.37. The maximum absolute atomic E-state index is 12.6. The summed E-state index contributed by atoms with van der Waals surface area (Å²) in [5.74, 6) is -0.0461. The Bertz CT molecular complexity index is 816. The van der Waals surface area contributed by atoms with Gasteiger partial charge in [0.2, 0.25) is 11.8 Å². The molecule has 3 rings (SSSR count). The molecule has 1 heterocycles. The summed E-state index contributed by atoms with van der Waals surface area (Å²) in [5, 5.41) is 6.93. The van der Waals surface area contributed by atoms with Gasteiger partial charge in [0.25, 0.3) is 5.91 Å². The number of nitrogens with zero attached hydrogens (tertiary/aromatic N) is 1. The van der Waals surface area contributed by atoms with Crippen molar-refractivity contribution in [1.29, 1.82) is 0 Å². The molecule has 28 heavy (non-hydrogen) atoms. The van der Waals surface area contributed by atoms with Crippen LogP contribution >= 0.6 is 11.3 Å². The van der Waals surface area contributed by atoms with E-state index >= 15 is 0 Å². The highest BCUT2D eigenvalue weighted by Gasteiger charge is 2.32. The molecule has 1 aromatic heterocycles. The smallest absolute Gasteiger partial charge is 0.261 e. The van der Waals surface area contributed by atoms with Crippen molar-refractivity contribution >= 4 is 29.1 Å². The average molecular weight is 401 g/mol. The number of amides is 3. The topological polar surface area (TPSA) is 87.7 Å². The molecule has 1 fully saturated rings. The number of ether oxygens (including phenoxy) is 1. The van der Waals surface area contributed by atoms with Gasteiger partial charge in [0.05, 0.1) is 25.1 Å². The molecule has 0 bridgehead atoms. The second-order valence-electron chi connectivity index (χ2n) is 6.54. The average Bonchev–Trinajstić information content (AvgIpc) is 3.41. The summed E-state index contributed by atoms with van der Waals surface area (Å²) in [6.07, 6.45) is 1.96. The van der Waals surface area contributed by atoms with Gasteiger partial charge >= 0.3 is 0 Å². The largest absolute Gasteiger partial charge is 0.497 e. The third-order valence-corrected chi connectivity index (χ3v) is 5.28. The number of carbonyl (C=O) groups excluding carboxylic acids is 3. The van der Waals surface area contributed by atoms with E-state index in [1.54, 1.807) is 29.5 Å². The molecule has 8 heteroatoms. The summed E-state index contributed by atoms with van der Waals surface area (Å²) < 4.78 is 5.15. The first-order valence-corrected chi connectivity index (χ1v) is 9.95. The zero-order valence-corrected chi connectivity index (χ0v) is 16.5. The maximum atomic E-state index is 12.6. The normalized spacial score (nSPS) is 12.9. The highest BCUT2D eigenvalue weighted by Crippen LogP contribution is 2.28. The van der Waals surface area contributed by atoms with E-state index < -0.39 is 5.91 Å². The van der Waals surface area contributed by atoms with E-state index in [2.05, 4.69) is 10.6 Å². The van der Waals surface area contributed by atoms with Crippen LogP contribution in [-0.4, -0.2) is 48.9 Å². The summed E-state index contributed by atoms with van der Waals surface area (Å²) in [5.41, 5.74) is 1.01. The van der Waals surface area contributed by atoms with E-state index in [1.165, 1.54) is 11.3 Å². The van der Waals surface area contributed by atoms with Crippen molar-refractivity contribution in [3.63, 3.8) is 0 Å². The Balaban J connectivity index is 1.46. The Morgan fingerprint density at radius 2 is 1.86 bits per heavy atom. The van der Waals surface area contributed by atoms with Gasteiger partial charge in [-0.3, -0.25) is 14.4 Å². The van der Waals surface area contributed by atoms with E-state index in [1.807, 2.05) is 24.3 Å². The first-order chi connectivity index (χ1) is 13.6. The van der Waals surface area contributed by atoms with Crippen molar-refractivity contribution in [2.24, 2.45) is 0 Å². The Kier molecular flexibility index (Phi) is 6.65. The molecule has 3 amide bonds. The van der Waals surface area contributed by atoms with E-state index in [0.717, 1.165) is 24.2 Å². The zero-order valence-electron chi connectivity index (χ0n) is 15.6. The van der Waals surface area contributed by atoms with E-state index in [4.69, 9.17) is 4.74 Å². The minimum Gasteiger partial charge on any atom is -0.497 e. The fraction of sp³-hybridized carbons (Fsp3) is 0.350. The standard InChI is InChI=1S/C20H23N3O4S/c1-27-16-8-4-14(5-9-16)13-23(15-6-7-15)19(25)12-21-18(24)11-22-20(26)17-3-2-10-28-17/h2-5,8-10,15H,6-7,11-13H2,1H3,(H,21,24)(H,22,26). The van der Waals surface area contributed by atoms with Crippen LogP contribution in [0.3, 0.4) is 0 Å². The van der Waals surface area contributed by atoms with Crippen molar-refractivity contribution < 1.29 is 19.1 Å². The van der Waals surface area contributed by atoms with Crippen LogP contribution in [0.25, 0.3) is 0 Å². The quantitative estimate of drug-likeness (QED) is 0.671. The number of hydrogen-bond donors (Lipinski definition) is 2. The molecule has 148 valence electrons. The first kappa shape index (κ1) is 19.9. The van der Waals surface area contributed by atoms with E-state index in [-0.39, 0.29) is 30.9 Å². The number of rotatable bonds is 9. The fourth-order valence-electron chi connectivity index (χ4n) is 2.73.